The summed E-state index contributed by atoms with van der Waals surface area (Å²) in [7, 11) is 0. The van der Waals surface area contributed by atoms with Crippen molar-refractivity contribution >= 4 is 46.5 Å². The first-order valence-electron chi connectivity index (χ1n) is 7.98. The number of anilines is 1. The lowest BCUT2D eigenvalue weighted by Crippen LogP contribution is -2.36. The normalized spacial score (nSPS) is 15.2. The lowest BCUT2D eigenvalue weighted by molar-refractivity contribution is -0.127. The Balaban J connectivity index is 1.68. The smallest absolute Gasteiger partial charge is 0.335 e. The van der Waals surface area contributed by atoms with Gasteiger partial charge in [0.25, 0.3) is 11.1 Å². The molecule has 0 aliphatic carbocycles. The molecule has 0 atom stereocenters. The van der Waals surface area contributed by atoms with Gasteiger partial charge in [-0.25, -0.2) is 9.18 Å². The number of carboxylic acids is 1. The molecule has 142 valence electrons. The fraction of sp³-hybridized carbons (Fsp3) is 0.0526. The van der Waals surface area contributed by atoms with Gasteiger partial charge in [-0.15, -0.1) is 0 Å². The van der Waals surface area contributed by atoms with E-state index >= 15 is 0 Å². The number of hydrogen-bond acceptors (Lipinski definition) is 5. The summed E-state index contributed by atoms with van der Waals surface area (Å²) in [6, 6.07) is 11.2. The van der Waals surface area contributed by atoms with Crippen LogP contribution in [0.3, 0.4) is 0 Å². The minimum absolute atomic E-state index is 0.0220. The number of amides is 3. The first-order chi connectivity index (χ1) is 13.3. The number of rotatable bonds is 5. The monoisotopic (exact) mass is 400 g/mol. The Labute approximate surface area is 162 Å². The fourth-order valence-corrected chi connectivity index (χ4v) is 3.24. The van der Waals surface area contributed by atoms with E-state index in [2.05, 4.69) is 5.32 Å². The molecule has 7 nitrogen and oxygen atoms in total. The predicted molar refractivity (Wildman–Crippen MR) is 101 cm³/mol. The largest absolute Gasteiger partial charge is 0.478 e. The Kier molecular flexibility index (Phi) is 5.55. The van der Waals surface area contributed by atoms with Crippen molar-refractivity contribution in [1.82, 2.24) is 4.90 Å². The molecular weight excluding hydrogens is 387 g/mol. The number of halogens is 1. The zero-order valence-corrected chi connectivity index (χ0v) is 15.0. The first-order valence-corrected chi connectivity index (χ1v) is 8.80. The highest BCUT2D eigenvalue weighted by Crippen LogP contribution is 2.32. The molecule has 9 heteroatoms. The molecule has 1 aliphatic heterocycles. The molecule has 0 spiro atoms. The van der Waals surface area contributed by atoms with Crippen LogP contribution < -0.4 is 5.32 Å². The molecule has 1 fully saturated rings. The van der Waals surface area contributed by atoms with Crippen molar-refractivity contribution in [1.29, 1.82) is 0 Å². The Bertz CT molecular complexity index is 1000. The van der Waals surface area contributed by atoms with Crippen molar-refractivity contribution in [2.75, 3.05) is 11.9 Å². The summed E-state index contributed by atoms with van der Waals surface area (Å²) in [6.07, 6.45) is 1.27. The van der Waals surface area contributed by atoms with E-state index in [1.165, 1.54) is 48.5 Å². The van der Waals surface area contributed by atoms with Gasteiger partial charge in [-0.2, -0.15) is 0 Å². The lowest BCUT2D eigenvalue weighted by atomic mass is 10.2. The van der Waals surface area contributed by atoms with Crippen LogP contribution in [0.1, 0.15) is 15.9 Å². The summed E-state index contributed by atoms with van der Waals surface area (Å²) < 4.78 is 13.7. The van der Waals surface area contributed by atoms with Crippen molar-refractivity contribution in [2.45, 2.75) is 0 Å². The van der Waals surface area contributed by atoms with Gasteiger partial charge in [0.05, 0.1) is 10.5 Å². The molecular formula is C19H13FN2O5S. The van der Waals surface area contributed by atoms with Crippen LogP contribution in [-0.2, 0) is 9.59 Å². The van der Waals surface area contributed by atoms with Crippen molar-refractivity contribution in [3.8, 4) is 0 Å². The molecule has 2 aromatic rings. The third-order valence-corrected chi connectivity index (χ3v) is 4.69. The maximum atomic E-state index is 13.7. The highest BCUT2D eigenvalue weighted by atomic mass is 32.2. The molecule has 3 amide bonds. The lowest BCUT2D eigenvalue weighted by Gasteiger charge is -2.12. The van der Waals surface area contributed by atoms with Gasteiger partial charge in [-0.1, -0.05) is 18.2 Å². The highest BCUT2D eigenvalue weighted by molar-refractivity contribution is 8.18. The standard InChI is InChI=1S/C19H13FN2O5S/c20-14-4-2-1-3-12(14)9-15-17(24)22(19(27)28-15)10-16(23)21-13-7-5-11(6-8-13)18(25)26/h1-9H,10H2,(H,21,23)(H,25,26). The van der Waals surface area contributed by atoms with Gasteiger partial charge >= 0.3 is 5.97 Å². The molecule has 28 heavy (non-hydrogen) atoms. The van der Waals surface area contributed by atoms with Crippen LogP contribution in [0.15, 0.2) is 53.4 Å². The summed E-state index contributed by atoms with van der Waals surface area (Å²) in [5.41, 5.74) is 0.544. The number of carbonyl (C=O) groups excluding carboxylic acids is 3. The first kappa shape index (κ1) is 19.3. The summed E-state index contributed by atoms with van der Waals surface area (Å²) in [5, 5.41) is 10.7. The van der Waals surface area contributed by atoms with Crippen LogP contribution in [0.5, 0.6) is 0 Å². The Morgan fingerprint density at radius 1 is 1.11 bits per heavy atom. The zero-order valence-electron chi connectivity index (χ0n) is 14.2. The van der Waals surface area contributed by atoms with Gasteiger partial charge in [0, 0.05) is 11.3 Å². The average Bonchev–Trinajstić information content (AvgIpc) is 2.91. The SMILES string of the molecule is O=C(CN1C(=O)SC(=Cc2ccccc2F)C1=O)Nc1ccc(C(=O)O)cc1. The predicted octanol–water partition coefficient (Wildman–Crippen LogP) is 3.20. The molecule has 0 saturated carbocycles. The molecule has 1 aliphatic rings. The van der Waals surface area contributed by atoms with Gasteiger partial charge in [0.2, 0.25) is 5.91 Å². The van der Waals surface area contributed by atoms with E-state index in [1.807, 2.05) is 0 Å². The number of carboxylic acid groups (broad SMARTS) is 1. The van der Waals surface area contributed by atoms with Gasteiger partial charge < -0.3 is 10.4 Å². The molecule has 2 N–H and O–H groups in total. The van der Waals surface area contributed by atoms with E-state index in [9.17, 15) is 23.6 Å². The molecule has 1 heterocycles. The zero-order chi connectivity index (χ0) is 20.3. The van der Waals surface area contributed by atoms with E-state index in [-0.39, 0.29) is 16.0 Å². The molecule has 0 aromatic heterocycles. The molecule has 2 aromatic carbocycles. The number of aromatic carboxylic acids is 1. The molecule has 0 bridgehead atoms. The van der Waals surface area contributed by atoms with Crippen molar-refractivity contribution in [3.63, 3.8) is 0 Å². The minimum Gasteiger partial charge on any atom is -0.478 e. The molecule has 0 radical (unpaired) electrons. The van der Waals surface area contributed by atoms with E-state index in [0.717, 1.165) is 4.90 Å². The third kappa shape index (κ3) is 4.26. The average molecular weight is 400 g/mol. The molecule has 0 unspecified atom stereocenters. The topological polar surface area (TPSA) is 104 Å². The Morgan fingerprint density at radius 2 is 1.79 bits per heavy atom. The van der Waals surface area contributed by atoms with E-state index < -0.39 is 35.4 Å². The van der Waals surface area contributed by atoms with Gasteiger partial charge in [-0.05, 0) is 48.2 Å². The number of thioether (sulfide) groups is 1. The number of nitrogens with one attached hydrogen (secondary N) is 1. The van der Waals surface area contributed by atoms with Crippen LogP contribution in [0.2, 0.25) is 0 Å². The van der Waals surface area contributed by atoms with Gasteiger partial charge in [0.15, 0.2) is 0 Å². The summed E-state index contributed by atoms with van der Waals surface area (Å²) in [4.78, 5) is 48.2. The highest BCUT2D eigenvalue weighted by Gasteiger charge is 2.36. The second-order valence-corrected chi connectivity index (χ2v) is 6.71. The van der Waals surface area contributed by atoms with Crippen molar-refractivity contribution in [2.24, 2.45) is 0 Å². The maximum Gasteiger partial charge on any atom is 0.335 e. The van der Waals surface area contributed by atoms with Crippen molar-refractivity contribution < 1.29 is 28.7 Å². The number of hydrogen-bond donors (Lipinski definition) is 2. The Morgan fingerprint density at radius 3 is 2.43 bits per heavy atom. The Hall–Kier alpha value is -3.46. The number of carbonyl (C=O) groups is 4. The molecule has 1 saturated heterocycles. The summed E-state index contributed by atoms with van der Waals surface area (Å²) in [5.74, 6) is -2.94. The summed E-state index contributed by atoms with van der Waals surface area (Å²) >= 11 is 0.625. The number of nitrogens with zero attached hydrogens (tertiary/aromatic N) is 1. The third-order valence-electron chi connectivity index (χ3n) is 3.78. The van der Waals surface area contributed by atoms with Gasteiger partial charge in [-0.3, -0.25) is 19.3 Å². The van der Waals surface area contributed by atoms with Crippen LogP contribution in [0, 0.1) is 5.82 Å². The van der Waals surface area contributed by atoms with Gasteiger partial charge in [0.1, 0.15) is 12.4 Å². The van der Waals surface area contributed by atoms with E-state index in [4.69, 9.17) is 5.11 Å². The second kappa shape index (κ2) is 8.05. The fourth-order valence-electron chi connectivity index (χ4n) is 2.41. The number of imide groups is 1. The minimum atomic E-state index is -1.10. The summed E-state index contributed by atoms with van der Waals surface area (Å²) in [6.45, 7) is -0.514. The quantitative estimate of drug-likeness (QED) is 0.747. The van der Waals surface area contributed by atoms with E-state index in [0.29, 0.717) is 17.4 Å². The van der Waals surface area contributed by atoms with E-state index in [1.54, 1.807) is 6.07 Å². The molecule has 3 rings (SSSR count). The number of benzene rings is 2. The van der Waals surface area contributed by atoms with Crippen molar-refractivity contribution in [3.05, 3.63) is 70.4 Å². The van der Waals surface area contributed by atoms with Crippen LogP contribution in [0.25, 0.3) is 6.08 Å². The maximum absolute atomic E-state index is 13.7. The van der Waals surface area contributed by atoms with Crippen LogP contribution >= 0.6 is 11.8 Å². The van der Waals surface area contributed by atoms with Crippen LogP contribution in [-0.4, -0.2) is 39.6 Å². The second-order valence-electron chi connectivity index (χ2n) is 5.72. The van der Waals surface area contributed by atoms with Crippen LogP contribution in [0.4, 0.5) is 14.9 Å².